The third-order valence-corrected chi connectivity index (χ3v) is 7.15. The normalized spacial score (nSPS) is 11.0. The lowest BCUT2D eigenvalue weighted by molar-refractivity contribution is -0.112. The molecule has 0 bridgehead atoms. The first kappa shape index (κ1) is 30.0. The molecule has 0 aliphatic heterocycles. The Kier molecular flexibility index (Phi) is 10.7. The smallest absolute Gasteiger partial charge is 0.266 e. The monoisotopic (exact) mass is 678 g/mol. The lowest BCUT2D eigenvalue weighted by Crippen LogP contribution is -2.13. The van der Waals surface area contributed by atoms with E-state index in [1.165, 1.54) is 11.6 Å². The van der Waals surface area contributed by atoms with Crippen LogP contribution in [0.25, 0.3) is 6.08 Å². The average Bonchev–Trinajstić information content (AvgIpc) is 2.97. The lowest BCUT2D eigenvalue weighted by Gasteiger charge is -2.15. The highest BCUT2D eigenvalue weighted by Crippen LogP contribution is 2.35. The summed E-state index contributed by atoms with van der Waals surface area (Å²) in [5.41, 5.74) is 4.24. The van der Waals surface area contributed by atoms with Gasteiger partial charge >= 0.3 is 0 Å². The van der Waals surface area contributed by atoms with Crippen LogP contribution in [0.1, 0.15) is 29.2 Å². The summed E-state index contributed by atoms with van der Waals surface area (Å²) in [6.45, 7) is 5.08. The molecule has 8 heteroatoms. The van der Waals surface area contributed by atoms with Gasteiger partial charge < -0.3 is 19.5 Å². The van der Waals surface area contributed by atoms with Gasteiger partial charge in [0.15, 0.2) is 11.5 Å². The molecule has 0 heterocycles. The van der Waals surface area contributed by atoms with E-state index in [4.69, 9.17) is 25.8 Å². The molecular weight excluding hydrogens is 651 g/mol. The van der Waals surface area contributed by atoms with Gasteiger partial charge in [-0.25, -0.2) is 0 Å². The molecule has 0 aromatic heterocycles. The number of ether oxygens (including phenoxy) is 3. The van der Waals surface area contributed by atoms with Gasteiger partial charge in [-0.3, -0.25) is 4.79 Å². The maximum Gasteiger partial charge on any atom is 0.266 e. The SMILES string of the molecule is CCOc1cc(/C=C(\C#N)C(=O)Nc2ccc(OCc3ccccc3Cl)cc2)cc(I)c1OCc1ccc(C)cc1. The van der Waals surface area contributed by atoms with Gasteiger partial charge in [-0.2, -0.15) is 5.26 Å². The van der Waals surface area contributed by atoms with E-state index in [2.05, 4.69) is 27.9 Å². The molecular formula is C33H28ClIN2O4. The molecule has 4 aromatic carbocycles. The number of nitrogens with zero attached hydrogens (tertiary/aromatic N) is 1. The van der Waals surface area contributed by atoms with E-state index in [1.54, 1.807) is 30.3 Å². The van der Waals surface area contributed by atoms with Gasteiger partial charge in [0.2, 0.25) is 0 Å². The van der Waals surface area contributed by atoms with Crippen LogP contribution in [0.5, 0.6) is 17.2 Å². The van der Waals surface area contributed by atoms with Crippen LogP contribution in [0, 0.1) is 21.8 Å². The van der Waals surface area contributed by atoms with Gasteiger partial charge in [0.05, 0.1) is 10.2 Å². The minimum Gasteiger partial charge on any atom is -0.490 e. The van der Waals surface area contributed by atoms with Crippen molar-refractivity contribution < 1.29 is 19.0 Å². The van der Waals surface area contributed by atoms with E-state index < -0.39 is 5.91 Å². The molecule has 0 radical (unpaired) electrons. The van der Waals surface area contributed by atoms with Crippen LogP contribution >= 0.6 is 34.2 Å². The lowest BCUT2D eigenvalue weighted by atomic mass is 10.1. The van der Waals surface area contributed by atoms with Crippen molar-refractivity contribution >= 4 is 51.9 Å². The zero-order valence-electron chi connectivity index (χ0n) is 22.6. The largest absolute Gasteiger partial charge is 0.490 e. The first-order valence-corrected chi connectivity index (χ1v) is 14.4. The number of anilines is 1. The number of carbonyl (C=O) groups is 1. The van der Waals surface area contributed by atoms with Gasteiger partial charge in [0, 0.05) is 16.3 Å². The van der Waals surface area contributed by atoms with Crippen molar-refractivity contribution in [2.24, 2.45) is 0 Å². The second kappa shape index (κ2) is 14.6. The quantitative estimate of drug-likeness (QED) is 0.0980. The Hall–Kier alpha value is -4.00. The number of hydrogen-bond donors (Lipinski definition) is 1. The van der Waals surface area contributed by atoms with E-state index in [0.29, 0.717) is 53.3 Å². The number of nitriles is 1. The molecule has 1 amide bonds. The molecule has 0 aliphatic carbocycles. The van der Waals surface area contributed by atoms with Crippen molar-refractivity contribution in [1.82, 2.24) is 0 Å². The first-order valence-electron chi connectivity index (χ1n) is 12.9. The van der Waals surface area contributed by atoms with Crippen molar-refractivity contribution in [3.05, 3.63) is 121 Å². The fourth-order valence-electron chi connectivity index (χ4n) is 3.84. The molecule has 4 rings (SSSR count). The summed E-state index contributed by atoms with van der Waals surface area (Å²) >= 11 is 8.36. The summed E-state index contributed by atoms with van der Waals surface area (Å²) in [7, 11) is 0. The highest BCUT2D eigenvalue weighted by molar-refractivity contribution is 14.1. The zero-order chi connectivity index (χ0) is 29.2. The van der Waals surface area contributed by atoms with E-state index in [-0.39, 0.29) is 5.57 Å². The van der Waals surface area contributed by atoms with Crippen molar-refractivity contribution in [2.75, 3.05) is 11.9 Å². The molecule has 0 saturated heterocycles. The third-order valence-electron chi connectivity index (χ3n) is 5.98. The van der Waals surface area contributed by atoms with Gasteiger partial charge in [0.25, 0.3) is 5.91 Å². The third kappa shape index (κ3) is 8.49. The predicted molar refractivity (Wildman–Crippen MR) is 170 cm³/mol. The Bertz CT molecular complexity index is 1580. The molecule has 0 saturated carbocycles. The van der Waals surface area contributed by atoms with Crippen LogP contribution in [0.4, 0.5) is 5.69 Å². The Balaban J connectivity index is 1.44. The van der Waals surface area contributed by atoms with Gasteiger partial charge in [0.1, 0.15) is 30.6 Å². The standard InChI is InChI=1S/C33H28ClIN2O4/c1-3-39-31-18-24(17-30(35)32(31)41-20-23-10-8-22(2)9-11-23)16-26(19-36)33(38)37-27-12-14-28(15-13-27)40-21-25-6-4-5-7-29(25)34/h4-18H,3,20-21H2,1-2H3,(H,37,38)/b26-16+. The van der Waals surface area contributed by atoms with Crippen molar-refractivity contribution in [2.45, 2.75) is 27.1 Å². The van der Waals surface area contributed by atoms with Crippen molar-refractivity contribution in [3.63, 3.8) is 0 Å². The minimum atomic E-state index is -0.523. The average molecular weight is 679 g/mol. The zero-order valence-corrected chi connectivity index (χ0v) is 25.5. The Morgan fingerprint density at radius 1 is 0.976 bits per heavy atom. The molecule has 0 atom stereocenters. The number of benzene rings is 4. The Morgan fingerprint density at radius 2 is 1.71 bits per heavy atom. The van der Waals surface area contributed by atoms with Gasteiger partial charge in [-0.1, -0.05) is 59.6 Å². The molecule has 1 N–H and O–H groups in total. The minimum absolute atomic E-state index is 0.0457. The Morgan fingerprint density at radius 3 is 2.39 bits per heavy atom. The molecule has 0 unspecified atom stereocenters. The molecule has 0 spiro atoms. The molecule has 41 heavy (non-hydrogen) atoms. The molecule has 0 aliphatic rings. The van der Waals surface area contributed by atoms with Gasteiger partial charge in [-0.15, -0.1) is 0 Å². The van der Waals surface area contributed by atoms with Crippen LogP contribution < -0.4 is 19.5 Å². The number of halogens is 2. The maximum absolute atomic E-state index is 12.9. The molecule has 6 nitrogen and oxygen atoms in total. The highest BCUT2D eigenvalue weighted by Gasteiger charge is 2.15. The van der Waals surface area contributed by atoms with Crippen LogP contribution in [-0.4, -0.2) is 12.5 Å². The van der Waals surface area contributed by atoms with Crippen molar-refractivity contribution in [1.29, 1.82) is 5.26 Å². The number of hydrogen-bond acceptors (Lipinski definition) is 5. The van der Waals surface area contributed by atoms with E-state index in [1.807, 2.05) is 74.5 Å². The van der Waals surface area contributed by atoms with Gasteiger partial charge in [-0.05, 0) is 96.1 Å². The van der Waals surface area contributed by atoms with Crippen LogP contribution in [-0.2, 0) is 18.0 Å². The second-order valence-electron chi connectivity index (χ2n) is 9.07. The highest BCUT2D eigenvalue weighted by atomic mass is 127. The van der Waals surface area contributed by atoms with Crippen LogP contribution in [0.2, 0.25) is 5.02 Å². The van der Waals surface area contributed by atoms with Crippen LogP contribution in [0.3, 0.4) is 0 Å². The summed E-state index contributed by atoms with van der Waals surface area (Å²) < 4.78 is 18.5. The fourth-order valence-corrected chi connectivity index (χ4v) is 4.81. The number of nitrogens with one attached hydrogen (secondary N) is 1. The fraction of sp³-hybridized carbons (Fsp3) is 0.152. The number of amides is 1. The number of carbonyl (C=O) groups excluding carboxylic acids is 1. The molecule has 4 aromatic rings. The molecule has 208 valence electrons. The van der Waals surface area contributed by atoms with Crippen LogP contribution in [0.15, 0.2) is 90.5 Å². The number of aryl methyl sites for hydroxylation is 1. The maximum atomic E-state index is 12.9. The predicted octanol–water partition coefficient (Wildman–Crippen LogP) is 8.36. The van der Waals surface area contributed by atoms with Crippen molar-refractivity contribution in [3.8, 4) is 23.3 Å². The summed E-state index contributed by atoms with van der Waals surface area (Å²) in [5, 5.41) is 13.1. The van der Waals surface area contributed by atoms with E-state index >= 15 is 0 Å². The molecule has 0 fully saturated rings. The Labute approximate surface area is 258 Å². The summed E-state index contributed by atoms with van der Waals surface area (Å²) in [6.07, 6.45) is 1.53. The summed E-state index contributed by atoms with van der Waals surface area (Å²) in [6, 6.07) is 28.1. The topological polar surface area (TPSA) is 80.6 Å². The summed E-state index contributed by atoms with van der Waals surface area (Å²) in [5.74, 6) is 1.26. The van der Waals surface area contributed by atoms with E-state index in [9.17, 15) is 10.1 Å². The second-order valence-corrected chi connectivity index (χ2v) is 10.6. The number of rotatable bonds is 11. The summed E-state index contributed by atoms with van der Waals surface area (Å²) in [4.78, 5) is 12.9. The van der Waals surface area contributed by atoms with E-state index in [0.717, 1.165) is 14.7 Å². The first-order chi connectivity index (χ1) is 19.9.